The van der Waals surface area contributed by atoms with Crippen LogP contribution in [0.15, 0.2) is 12.1 Å². The quantitative estimate of drug-likeness (QED) is 0.878. The van der Waals surface area contributed by atoms with Crippen molar-refractivity contribution in [2.75, 3.05) is 0 Å². The fourth-order valence-corrected chi connectivity index (χ4v) is 1.75. The minimum absolute atomic E-state index is 0.0639. The predicted octanol–water partition coefficient (Wildman–Crippen LogP) is 2.69. The minimum atomic E-state index is -2.84. The number of nitriles is 1. The number of alkyl halides is 2. The summed E-state index contributed by atoms with van der Waals surface area (Å²) in [5.74, 6) is -1.18. The molecular weight excluding hydrogens is 228 g/mol. The molecule has 0 amide bonds. The molecule has 0 bridgehead atoms. The van der Waals surface area contributed by atoms with E-state index in [1.807, 2.05) is 0 Å². The van der Waals surface area contributed by atoms with Crippen molar-refractivity contribution < 1.29 is 18.7 Å². The number of hydrogen-bond acceptors (Lipinski definition) is 2. The average molecular weight is 239 g/mol. The summed E-state index contributed by atoms with van der Waals surface area (Å²) in [6.45, 7) is 1.75. The summed E-state index contributed by atoms with van der Waals surface area (Å²) in [4.78, 5) is 10.7. The normalized spacial score (nSPS) is 10.3. The van der Waals surface area contributed by atoms with Gasteiger partial charge in [-0.05, 0) is 23.6 Å². The molecular formula is C12H11F2NO2. The van der Waals surface area contributed by atoms with E-state index in [1.54, 1.807) is 13.0 Å². The van der Waals surface area contributed by atoms with Gasteiger partial charge in [0.15, 0.2) is 0 Å². The molecule has 17 heavy (non-hydrogen) atoms. The largest absolute Gasteiger partial charge is 0.481 e. The van der Waals surface area contributed by atoms with Crippen molar-refractivity contribution in [3.63, 3.8) is 0 Å². The number of benzene rings is 1. The Balaban J connectivity index is 3.47. The molecule has 0 aliphatic heterocycles. The summed E-state index contributed by atoms with van der Waals surface area (Å²) in [5, 5.41) is 17.5. The Kier molecular flexibility index (Phi) is 4.16. The maximum atomic E-state index is 12.9. The van der Waals surface area contributed by atoms with Gasteiger partial charge in [-0.25, -0.2) is 8.78 Å². The number of halogens is 2. The van der Waals surface area contributed by atoms with Crippen LogP contribution in [0.1, 0.15) is 35.6 Å². The molecule has 1 N–H and O–H groups in total. The van der Waals surface area contributed by atoms with Gasteiger partial charge in [0.05, 0.1) is 18.1 Å². The molecule has 3 nitrogen and oxygen atoms in total. The molecule has 0 fully saturated rings. The third-order valence-electron chi connectivity index (χ3n) is 2.50. The molecule has 1 aromatic carbocycles. The second kappa shape index (κ2) is 5.39. The standard InChI is InChI=1S/C12H11F2NO2/c1-2-7-3-4-8(6-15)11(12(13)14)9(7)5-10(16)17/h3-4,12H,2,5H2,1H3,(H,16,17). The van der Waals surface area contributed by atoms with Gasteiger partial charge in [0.25, 0.3) is 6.43 Å². The van der Waals surface area contributed by atoms with Crippen molar-refractivity contribution in [2.45, 2.75) is 26.2 Å². The van der Waals surface area contributed by atoms with Crippen LogP contribution in [0.25, 0.3) is 0 Å². The van der Waals surface area contributed by atoms with Crippen LogP contribution in [-0.4, -0.2) is 11.1 Å². The fourth-order valence-electron chi connectivity index (χ4n) is 1.75. The lowest BCUT2D eigenvalue weighted by Gasteiger charge is -2.13. The minimum Gasteiger partial charge on any atom is -0.481 e. The number of carboxylic acids is 1. The Labute approximate surface area is 97.3 Å². The first-order valence-corrected chi connectivity index (χ1v) is 5.05. The number of rotatable bonds is 4. The Morgan fingerprint density at radius 3 is 2.59 bits per heavy atom. The number of carboxylic acid groups (broad SMARTS) is 1. The average Bonchev–Trinajstić information content (AvgIpc) is 2.27. The second-order valence-corrected chi connectivity index (χ2v) is 3.50. The van der Waals surface area contributed by atoms with Crippen molar-refractivity contribution in [1.82, 2.24) is 0 Å². The molecule has 1 aromatic rings. The number of carbonyl (C=O) groups is 1. The van der Waals surface area contributed by atoms with Gasteiger partial charge in [-0.1, -0.05) is 13.0 Å². The molecule has 0 saturated carbocycles. The zero-order valence-corrected chi connectivity index (χ0v) is 9.20. The molecule has 0 radical (unpaired) electrons. The van der Waals surface area contributed by atoms with Crippen LogP contribution < -0.4 is 0 Å². The summed E-state index contributed by atoms with van der Waals surface area (Å²) < 4.78 is 25.8. The molecule has 0 aliphatic carbocycles. The molecule has 90 valence electrons. The van der Waals surface area contributed by atoms with E-state index in [4.69, 9.17) is 10.4 Å². The highest BCUT2D eigenvalue weighted by atomic mass is 19.3. The van der Waals surface area contributed by atoms with E-state index < -0.39 is 24.4 Å². The van der Waals surface area contributed by atoms with Gasteiger partial charge in [0.2, 0.25) is 0 Å². The highest BCUT2D eigenvalue weighted by Crippen LogP contribution is 2.29. The van der Waals surface area contributed by atoms with Gasteiger partial charge in [-0.15, -0.1) is 0 Å². The van der Waals surface area contributed by atoms with Crippen LogP contribution in [0.4, 0.5) is 8.78 Å². The van der Waals surface area contributed by atoms with E-state index >= 15 is 0 Å². The van der Waals surface area contributed by atoms with Gasteiger partial charge in [0.1, 0.15) is 0 Å². The number of nitrogens with zero attached hydrogens (tertiary/aromatic N) is 1. The molecule has 5 heteroatoms. The van der Waals surface area contributed by atoms with E-state index in [1.165, 1.54) is 12.1 Å². The van der Waals surface area contributed by atoms with Crippen LogP contribution in [-0.2, 0) is 17.6 Å². The summed E-state index contributed by atoms with van der Waals surface area (Å²) in [7, 11) is 0. The summed E-state index contributed by atoms with van der Waals surface area (Å²) in [5.41, 5.74) is -0.00144. The lowest BCUT2D eigenvalue weighted by Crippen LogP contribution is -2.09. The van der Waals surface area contributed by atoms with Crippen molar-refractivity contribution >= 4 is 5.97 Å². The van der Waals surface area contributed by atoms with Gasteiger partial charge >= 0.3 is 5.97 Å². The summed E-state index contributed by atoms with van der Waals surface area (Å²) in [6.07, 6.45) is -2.88. The first-order valence-electron chi connectivity index (χ1n) is 5.05. The smallest absolute Gasteiger partial charge is 0.307 e. The summed E-state index contributed by atoms with van der Waals surface area (Å²) in [6, 6.07) is 4.51. The third kappa shape index (κ3) is 2.78. The van der Waals surface area contributed by atoms with Crippen LogP contribution in [0.3, 0.4) is 0 Å². The fraction of sp³-hybridized carbons (Fsp3) is 0.333. The van der Waals surface area contributed by atoms with Crippen LogP contribution in [0, 0.1) is 11.3 Å². The molecule has 0 saturated heterocycles. The highest BCUT2D eigenvalue weighted by molar-refractivity contribution is 5.72. The van der Waals surface area contributed by atoms with Gasteiger partial charge in [-0.2, -0.15) is 5.26 Å². The molecule has 0 spiro atoms. The lowest BCUT2D eigenvalue weighted by molar-refractivity contribution is -0.136. The second-order valence-electron chi connectivity index (χ2n) is 3.50. The zero-order chi connectivity index (χ0) is 13.0. The number of hydrogen-bond donors (Lipinski definition) is 1. The van der Waals surface area contributed by atoms with Crippen molar-refractivity contribution in [2.24, 2.45) is 0 Å². The molecule has 0 aliphatic rings. The van der Waals surface area contributed by atoms with Crippen LogP contribution >= 0.6 is 0 Å². The third-order valence-corrected chi connectivity index (χ3v) is 2.50. The SMILES string of the molecule is CCc1ccc(C#N)c(C(F)F)c1CC(=O)O. The molecule has 0 aromatic heterocycles. The highest BCUT2D eigenvalue weighted by Gasteiger charge is 2.21. The predicted molar refractivity (Wildman–Crippen MR) is 56.8 cm³/mol. The van der Waals surface area contributed by atoms with E-state index in [-0.39, 0.29) is 11.1 Å². The Bertz CT molecular complexity index is 478. The maximum absolute atomic E-state index is 12.9. The lowest BCUT2D eigenvalue weighted by atomic mass is 9.93. The van der Waals surface area contributed by atoms with Crippen LogP contribution in [0.5, 0.6) is 0 Å². The molecule has 1 rings (SSSR count). The Morgan fingerprint density at radius 2 is 2.18 bits per heavy atom. The van der Waals surface area contributed by atoms with E-state index in [9.17, 15) is 13.6 Å². The molecule has 0 heterocycles. The van der Waals surface area contributed by atoms with Gasteiger partial charge < -0.3 is 5.11 Å². The van der Waals surface area contributed by atoms with Gasteiger partial charge in [-0.3, -0.25) is 4.79 Å². The molecule has 0 unspecified atom stereocenters. The first-order chi connectivity index (χ1) is 8.01. The van der Waals surface area contributed by atoms with Crippen molar-refractivity contribution in [3.8, 4) is 6.07 Å². The monoisotopic (exact) mass is 239 g/mol. The van der Waals surface area contributed by atoms with E-state index in [0.29, 0.717) is 12.0 Å². The van der Waals surface area contributed by atoms with Gasteiger partial charge in [0, 0.05) is 5.56 Å². The topological polar surface area (TPSA) is 61.1 Å². The zero-order valence-electron chi connectivity index (χ0n) is 9.20. The van der Waals surface area contributed by atoms with Crippen molar-refractivity contribution in [1.29, 1.82) is 5.26 Å². The Morgan fingerprint density at radius 1 is 1.53 bits per heavy atom. The first kappa shape index (κ1) is 13.1. The summed E-state index contributed by atoms with van der Waals surface area (Å²) >= 11 is 0. The van der Waals surface area contributed by atoms with E-state index in [0.717, 1.165) is 0 Å². The Hall–Kier alpha value is -1.96. The maximum Gasteiger partial charge on any atom is 0.307 e. The van der Waals surface area contributed by atoms with Crippen molar-refractivity contribution in [3.05, 3.63) is 34.4 Å². The number of aryl methyl sites for hydroxylation is 1. The van der Waals surface area contributed by atoms with E-state index in [2.05, 4.69) is 0 Å². The van der Waals surface area contributed by atoms with Crippen LogP contribution in [0.2, 0.25) is 0 Å². The number of aliphatic carboxylic acids is 1. The molecule has 0 atom stereocenters.